The van der Waals surface area contributed by atoms with E-state index < -0.39 is 7.52 Å². The lowest BCUT2D eigenvalue weighted by molar-refractivity contribution is 0.237. The Balaban J connectivity index is 1.59. The van der Waals surface area contributed by atoms with E-state index in [1.165, 1.54) is 0 Å². The molecule has 0 fully saturated rings. The van der Waals surface area contributed by atoms with Crippen LogP contribution in [0.15, 0.2) is 82.1 Å². The van der Waals surface area contributed by atoms with Gasteiger partial charge in [-0.2, -0.15) is 0 Å². The molecule has 1 heterocycles. The molecule has 1 unspecified atom stereocenters. The third-order valence-electron chi connectivity index (χ3n) is 5.39. The highest BCUT2D eigenvalue weighted by molar-refractivity contribution is 9.10. The molecular weight excluding hydrogens is 513 g/mol. The highest BCUT2D eigenvalue weighted by atomic mass is 79.9. The number of aromatic nitrogens is 2. The lowest BCUT2D eigenvalue weighted by Gasteiger charge is -2.22. The summed E-state index contributed by atoms with van der Waals surface area (Å²) in [6.45, 7) is 4.22. The van der Waals surface area contributed by atoms with E-state index >= 15 is 0 Å². The molecule has 1 N–H and O–H groups in total. The Morgan fingerprint density at radius 2 is 1.74 bits per heavy atom. The van der Waals surface area contributed by atoms with Gasteiger partial charge in [-0.1, -0.05) is 70.5 Å². The molecule has 176 valence electrons. The molecule has 0 spiro atoms. The van der Waals surface area contributed by atoms with Gasteiger partial charge in [-0.25, -0.2) is 10.1 Å². The lowest BCUT2D eigenvalue weighted by atomic mass is 10.1. The van der Waals surface area contributed by atoms with Crippen LogP contribution in [0.4, 0.5) is 0 Å². The topological polar surface area (TPSA) is 73.2 Å². The van der Waals surface area contributed by atoms with Crippen LogP contribution in [0.5, 0.6) is 0 Å². The first-order valence-electron chi connectivity index (χ1n) is 11.1. The Kier molecular flexibility index (Phi) is 7.48. The van der Waals surface area contributed by atoms with Crippen molar-refractivity contribution in [2.75, 3.05) is 0 Å². The van der Waals surface area contributed by atoms with Crippen molar-refractivity contribution in [3.63, 3.8) is 0 Å². The predicted octanol–water partition coefficient (Wildman–Crippen LogP) is 6.27. The first kappa shape index (κ1) is 24.6. The maximum absolute atomic E-state index is 13.6. The summed E-state index contributed by atoms with van der Waals surface area (Å²) < 4.78 is 21.9. The number of hydrogen-bond donors (Lipinski definition) is 1. The van der Waals surface area contributed by atoms with Crippen molar-refractivity contribution in [1.82, 2.24) is 14.6 Å². The monoisotopic (exact) mass is 539 g/mol. The molecule has 0 saturated heterocycles. The SMILES string of the molecule is CC(C)OP(=O)(Cc1ccc(-c2nc3cc(Br)ccc3c(=O)n2C)cc1)NCc1ccccc1. The van der Waals surface area contributed by atoms with Crippen molar-refractivity contribution >= 4 is 34.4 Å². The maximum Gasteiger partial charge on any atom is 0.274 e. The normalized spacial score (nSPS) is 13.3. The van der Waals surface area contributed by atoms with Gasteiger partial charge in [-0.15, -0.1) is 0 Å². The highest BCUT2D eigenvalue weighted by Gasteiger charge is 2.25. The summed E-state index contributed by atoms with van der Waals surface area (Å²) in [5.41, 5.74) is 3.26. The molecule has 0 aliphatic rings. The Labute approximate surface area is 207 Å². The molecule has 1 atom stereocenters. The van der Waals surface area contributed by atoms with Crippen LogP contribution in [0.25, 0.3) is 22.3 Å². The second kappa shape index (κ2) is 10.4. The first-order valence-corrected chi connectivity index (χ1v) is 13.7. The summed E-state index contributed by atoms with van der Waals surface area (Å²) in [4.78, 5) is 17.5. The number of fused-ring (bicyclic) bond motifs is 1. The second-order valence-electron chi connectivity index (χ2n) is 8.46. The van der Waals surface area contributed by atoms with Crippen molar-refractivity contribution < 1.29 is 9.09 Å². The van der Waals surface area contributed by atoms with Gasteiger partial charge < -0.3 is 4.52 Å². The van der Waals surface area contributed by atoms with E-state index in [0.717, 1.165) is 21.2 Å². The van der Waals surface area contributed by atoms with Gasteiger partial charge in [-0.05, 0) is 43.2 Å². The molecular formula is C26H27BrN3O3P. The Morgan fingerprint density at radius 3 is 2.41 bits per heavy atom. The van der Waals surface area contributed by atoms with E-state index in [1.807, 2.05) is 80.6 Å². The number of nitrogens with one attached hydrogen (secondary N) is 1. The summed E-state index contributed by atoms with van der Waals surface area (Å²) >= 11 is 3.44. The van der Waals surface area contributed by atoms with Gasteiger partial charge in [0.1, 0.15) is 5.82 Å². The van der Waals surface area contributed by atoms with E-state index in [0.29, 0.717) is 23.3 Å². The van der Waals surface area contributed by atoms with Gasteiger partial charge in [0.25, 0.3) is 13.1 Å². The van der Waals surface area contributed by atoms with Gasteiger partial charge in [0.05, 0.1) is 23.2 Å². The average Bonchev–Trinajstić information content (AvgIpc) is 2.81. The van der Waals surface area contributed by atoms with Crippen molar-refractivity contribution in [3.8, 4) is 11.4 Å². The minimum atomic E-state index is -3.13. The summed E-state index contributed by atoms with van der Waals surface area (Å²) in [7, 11) is -1.41. The molecule has 0 aliphatic heterocycles. The van der Waals surface area contributed by atoms with Crippen LogP contribution in [0.1, 0.15) is 25.0 Å². The van der Waals surface area contributed by atoms with Crippen molar-refractivity contribution in [2.45, 2.75) is 32.7 Å². The Hall–Kier alpha value is -2.57. The fourth-order valence-corrected chi connectivity index (χ4v) is 6.19. The lowest BCUT2D eigenvalue weighted by Crippen LogP contribution is -2.20. The minimum absolute atomic E-state index is 0.100. The predicted molar refractivity (Wildman–Crippen MR) is 141 cm³/mol. The molecule has 6 nitrogen and oxygen atoms in total. The smallest absolute Gasteiger partial charge is 0.274 e. The second-order valence-corrected chi connectivity index (χ2v) is 11.6. The van der Waals surface area contributed by atoms with Gasteiger partial charge in [0, 0.05) is 23.6 Å². The maximum atomic E-state index is 13.6. The van der Waals surface area contributed by atoms with E-state index in [9.17, 15) is 9.36 Å². The van der Waals surface area contributed by atoms with Crippen LogP contribution < -0.4 is 10.6 Å². The molecule has 4 rings (SSSR count). The molecule has 4 aromatic rings. The number of halogens is 1. The Morgan fingerprint density at radius 1 is 1.03 bits per heavy atom. The zero-order valence-corrected chi connectivity index (χ0v) is 21.8. The average molecular weight is 540 g/mol. The van der Waals surface area contributed by atoms with E-state index in [4.69, 9.17) is 9.51 Å². The number of hydrogen-bond acceptors (Lipinski definition) is 4. The number of rotatable bonds is 8. The molecule has 0 radical (unpaired) electrons. The van der Waals surface area contributed by atoms with Crippen molar-refractivity contribution in [2.24, 2.45) is 7.05 Å². The third-order valence-corrected chi connectivity index (χ3v) is 8.07. The quantitative estimate of drug-likeness (QED) is 0.267. The molecule has 3 aromatic carbocycles. The zero-order valence-electron chi connectivity index (χ0n) is 19.4. The fourth-order valence-electron chi connectivity index (χ4n) is 3.78. The summed E-state index contributed by atoms with van der Waals surface area (Å²) in [5, 5.41) is 3.72. The van der Waals surface area contributed by atoms with Gasteiger partial charge in [0.15, 0.2) is 0 Å². The molecule has 8 heteroatoms. The minimum Gasteiger partial charge on any atom is -0.315 e. The van der Waals surface area contributed by atoms with Crippen molar-refractivity contribution in [3.05, 3.63) is 98.7 Å². The molecule has 0 aliphatic carbocycles. The summed E-state index contributed by atoms with van der Waals surface area (Å²) in [6.07, 6.45) is 0.0824. The molecule has 0 bridgehead atoms. The van der Waals surface area contributed by atoms with Crippen LogP contribution in [0, 0.1) is 0 Å². The molecule has 0 amide bonds. The van der Waals surface area contributed by atoms with Gasteiger partial charge >= 0.3 is 0 Å². The fraction of sp³-hybridized carbons (Fsp3) is 0.231. The summed E-state index contributed by atoms with van der Waals surface area (Å²) in [5.74, 6) is 0.575. The third kappa shape index (κ3) is 5.73. The van der Waals surface area contributed by atoms with Crippen LogP contribution in [0.2, 0.25) is 0 Å². The first-order chi connectivity index (χ1) is 16.2. The van der Waals surface area contributed by atoms with E-state index in [1.54, 1.807) is 17.7 Å². The van der Waals surface area contributed by atoms with E-state index in [-0.39, 0.29) is 17.8 Å². The van der Waals surface area contributed by atoms with Crippen LogP contribution >= 0.6 is 23.4 Å². The zero-order chi connectivity index (χ0) is 24.3. The van der Waals surface area contributed by atoms with Gasteiger partial charge in [-0.3, -0.25) is 13.9 Å². The van der Waals surface area contributed by atoms with Crippen molar-refractivity contribution in [1.29, 1.82) is 0 Å². The number of nitrogens with zero attached hydrogens (tertiary/aromatic N) is 2. The molecule has 34 heavy (non-hydrogen) atoms. The standard InChI is InChI=1S/C26H27BrN3O3P/c1-18(2)33-34(32,28-16-19-7-5-4-6-8-19)17-20-9-11-21(12-10-20)25-29-24-15-22(27)13-14-23(24)26(31)30(25)3/h4-15,18H,16-17H2,1-3H3,(H,28,32). The number of benzene rings is 3. The highest BCUT2D eigenvalue weighted by Crippen LogP contribution is 2.47. The Bertz CT molecular complexity index is 1400. The van der Waals surface area contributed by atoms with Gasteiger partial charge in [0.2, 0.25) is 0 Å². The summed E-state index contributed by atoms with van der Waals surface area (Å²) in [6, 6.07) is 22.9. The van der Waals surface area contributed by atoms with Crippen LogP contribution in [-0.4, -0.2) is 15.7 Å². The molecule has 0 saturated carbocycles. The largest absolute Gasteiger partial charge is 0.315 e. The molecule has 1 aromatic heterocycles. The van der Waals surface area contributed by atoms with Crippen LogP contribution in [-0.2, 0) is 28.8 Å². The van der Waals surface area contributed by atoms with E-state index in [2.05, 4.69) is 21.0 Å². The van der Waals surface area contributed by atoms with Crippen LogP contribution in [0.3, 0.4) is 0 Å².